The van der Waals surface area contributed by atoms with E-state index in [0.29, 0.717) is 0 Å². The molecule has 1 aromatic rings. The van der Waals surface area contributed by atoms with E-state index in [2.05, 4.69) is 99.6 Å². The van der Waals surface area contributed by atoms with E-state index in [1.54, 1.807) is 0 Å². The standard InChI is InChI=1S/C27H33N/c1-8-11-14-20(4)22(13-10-3)19-28-23-16-17-25-24(15-12-9-2)21(5)27(6,7)26(25)18-23/h8-19,28H,5H2,1-4,6-7H3/b11-8-,12-9-,13-10-,20-14+,22-19+,24-15+. The molecule has 0 bridgehead atoms. The van der Waals surface area contributed by atoms with Gasteiger partial charge >= 0.3 is 0 Å². The van der Waals surface area contributed by atoms with E-state index in [1.807, 2.05) is 26.8 Å². The molecule has 146 valence electrons. The molecule has 1 nitrogen and oxygen atoms in total. The highest BCUT2D eigenvalue weighted by atomic mass is 14.8. The maximum absolute atomic E-state index is 4.38. The smallest absolute Gasteiger partial charge is 0.0383 e. The van der Waals surface area contributed by atoms with Crippen LogP contribution in [0.5, 0.6) is 0 Å². The van der Waals surface area contributed by atoms with Crippen molar-refractivity contribution in [2.75, 3.05) is 5.32 Å². The molecular formula is C27H33N. The van der Waals surface area contributed by atoms with Crippen LogP contribution in [0.25, 0.3) is 5.57 Å². The number of rotatable bonds is 6. The second-order valence-electron chi connectivity index (χ2n) is 7.59. The highest BCUT2D eigenvalue weighted by molar-refractivity contribution is 5.90. The summed E-state index contributed by atoms with van der Waals surface area (Å²) in [5.41, 5.74) is 8.41. The van der Waals surface area contributed by atoms with Crippen LogP contribution in [0, 0.1) is 0 Å². The summed E-state index contributed by atoms with van der Waals surface area (Å²) in [6.45, 7) is 17.1. The first-order valence-electron chi connectivity index (χ1n) is 9.93. The second kappa shape index (κ2) is 9.41. The van der Waals surface area contributed by atoms with Crippen LogP contribution in [0.2, 0.25) is 0 Å². The topological polar surface area (TPSA) is 12.0 Å². The lowest BCUT2D eigenvalue weighted by Crippen LogP contribution is -2.14. The third-order valence-corrected chi connectivity index (χ3v) is 5.25. The van der Waals surface area contributed by atoms with Gasteiger partial charge in [-0.25, -0.2) is 0 Å². The summed E-state index contributed by atoms with van der Waals surface area (Å²) >= 11 is 0. The predicted octanol–water partition coefficient (Wildman–Crippen LogP) is 7.89. The molecule has 0 amide bonds. The first-order chi connectivity index (χ1) is 13.4. The molecule has 1 N–H and O–H groups in total. The van der Waals surface area contributed by atoms with E-state index in [0.717, 1.165) is 5.69 Å². The van der Waals surface area contributed by atoms with Gasteiger partial charge < -0.3 is 5.32 Å². The number of allylic oxidation sites excluding steroid dienone is 12. The Balaban J connectivity index is 2.41. The lowest BCUT2D eigenvalue weighted by atomic mass is 9.83. The maximum atomic E-state index is 4.38. The molecule has 0 saturated carbocycles. The minimum atomic E-state index is -0.0714. The van der Waals surface area contributed by atoms with Gasteiger partial charge in [-0.2, -0.15) is 0 Å². The molecule has 0 radical (unpaired) electrons. The fourth-order valence-electron chi connectivity index (χ4n) is 3.40. The molecule has 0 heterocycles. The van der Waals surface area contributed by atoms with E-state index in [1.165, 1.54) is 33.4 Å². The predicted molar refractivity (Wildman–Crippen MR) is 126 cm³/mol. The number of hydrogen-bond donors (Lipinski definition) is 1. The molecule has 0 aliphatic heterocycles. The van der Waals surface area contributed by atoms with Crippen LogP contribution in [0.1, 0.15) is 52.7 Å². The average Bonchev–Trinajstić information content (AvgIpc) is 2.87. The quantitative estimate of drug-likeness (QED) is 0.501. The molecule has 1 aromatic carbocycles. The Labute approximate surface area is 171 Å². The molecule has 1 aliphatic rings. The summed E-state index contributed by atoms with van der Waals surface area (Å²) in [5.74, 6) is 0. The molecule has 0 fully saturated rings. The van der Waals surface area contributed by atoms with Crippen molar-refractivity contribution in [3.63, 3.8) is 0 Å². The zero-order valence-corrected chi connectivity index (χ0v) is 18.1. The van der Waals surface area contributed by atoms with Crippen LogP contribution < -0.4 is 5.32 Å². The molecule has 1 aliphatic carbocycles. The third kappa shape index (κ3) is 4.54. The normalized spacial score (nSPS) is 18.8. The molecule has 0 atom stereocenters. The maximum Gasteiger partial charge on any atom is 0.0383 e. The van der Waals surface area contributed by atoms with Crippen LogP contribution in [-0.4, -0.2) is 0 Å². The van der Waals surface area contributed by atoms with Gasteiger partial charge in [0.1, 0.15) is 0 Å². The highest BCUT2D eigenvalue weighted by Crippen LogP contribution is 2.49. The van der Waals surface area contributed by atoms with E-state index >= 15 is 0 Å². The van der Waals surface area contributed by atoms with Crippen LogP contribution in [0.4, 0.5) is 5.69 Å². The number of benzene rings is 1. The molecular weight excluding hydrogens is 338 g/mol. The average molecular weight is 372 g/mol. The molecule has 0 spiro atoms. The number of anilines is 1. The zero-order chi connectivity index (χ0) is 20.7. The lowest BCUT2D eigenvalue weighted by molar-refractivity contribution is 0.663. The highest BCUT2D eigenvalue weighted by Gasteiger charge is 2.36. The van der Waals surface area contributed by atoms with Crippen molar-refractivity contribution in [3.8, 4) is 0 Å². The summed E-state index contributed by atoms with van der Waals surface area (Å²) in [5, 5.41) is 3.49. The molecule has 0 aromatic heterocycles. The summed E-state index contributed by atoms with van der Waals surface area (Å²) in [6, 6.07) is 6.61. The molecule has 1 heteroatoms. The van der Waals surface area contributed by atoms with Crippen LogP contribution in [-0.2, 0) is 5.41 Å². The van der Waals surface area contributed by atoms with Gasteiger partial charge in [0.05, 0.1) is 0 Å². The van der Waals surface area contributed by atoms with Gasteiger partial charge in [-0.3, -0.25) is 0 Å². The number of hydrogen-bond acceptors (Lipinski definition) is 1. The van der Waals surface area contributed by atoms with Gasteiger partial charge in [-0.15, -0.1) is 0 Å². The Kier molecular flexibility index (Phi) is 7.23. The Morgan fingerprint density at radius 1 is 1.04 bits per heavy atom. The van der Waals surface area contributed by atoms with Crippen molar-refractivity contribution >= 4 is 11.3 Å². The molecule has 28 heavy (non-hydrogen) atoms. The van der Waals surface area contributed by atoms with E-state index in [9.17, 15) is 0 Å². The zero-order valence-electron chi connectivity index (χ0n) is 18.1. The molecule has 2 rings (SSSR count). The summed E-state index contributed by atoms with van der Waals surface area (Å²) in [6.07, 6.45) is 18.8. The Morgan fingerprint density at radius 2 is 1.75 bits per heavy atom. The van der Waals surface area contributed by atoms with E-state index < -0.39 is 0 Å². The lowest BCUT2D eigenvalue weighted by Gasteiger charge is -2.21. The first-order valence-corrected chi connectivity index (χ1v) is 9.93. The summed E-state index contributed by atoms with van der Waals surface area (Å²) in [4.78, 5) is 0. The van der Waals surface area contributed by atoms with Crippen molar-refractivity contribution < 1.29 is 0 Å². The van der Waals surface area contributed by atoms with Crippen molar-refractivity contribution in [3.05, 3.63) is 107 Å². The van der Waals surface area contributed by atoms with Crippen LogP contribution in [0.15, 0.2) is 96.3 Å². The van der Waals surface area contributed by atoms with Gasteiger partial charge in [-0.1, -0.05) is 75.1 Å². The van der Waals surface area contributed by atoms with Crippen molar-refractivity contribution in [2.45, 2.75) is 47.0 Å². The Morgan fingerprint density at radius 3 is 2.39 bits per heavy atom. The summed E-state index contributed by atoms with van der Waals surface area (Å²) < 4.78 is 0. The minimum Gasteiger partial charge on any atom is -0.361 e. The van der Waals surface area contributed by atoms with Crippen molar-refractivity contribution in [1.82, 2.24) is 0 Å². The van der Waals surface area contributed by atoms with Gasteiger partial charge in [0.25, 0.3) is 0 Å². The molecule has 0 saturated heterocycles. The first kappa shape index (κ1) is 21.5. The number of nitrogens with one attached hydrogen (secondary N) is 1. The SMILES string of the molecule is C=C1/C(=C\C=C/C)c2ccc(N/C=C(\C=C/C)C(/C)=C/C=C\C)cc2C1(C)C. The van der Waals surface area contributed by atoms with E-state index in [-0.39, 0.29) is 5.41 Å². The fraction of sp³-hybridized carbons (Fsp3) is 0.259. The monoisotopic (exact) mass is 371 g/mol. The number of fused-ring (bicyclic) bond motifs is 1. The van der Waals surface area contributed by atoms with Gasteiger partial charge in [0.2, 0.25) is 0 Å². The van der Waals surface area contributed by atoms with Crippen molar-refractivity contribution in [1.29, 1.82) is 0 Å². The minimum absolute atomic E-state index is 0.0714. The van der Waals surface area contributed by atoms with Gasteiger partial charge in [-0.05, 0) is 73.2 Å². The van der Waals surface area contributed by atoms with Crippen LogP contribution >= 0.6 is 0 Å². The van der Waals surface area contributed by atoms with Crippen molar-refractivity contribution in [2.24, 2.45) is 0 Å². The second-order valence-corrected chi connectivity index (χ2v) is 7.59. The van der Waals surface area contributed by atoms with Gasteiger partial charge in [0, 0.05) is 17.3 Å². The van der Waals surface area contributed by atoms with Gasteiger partial charge in [0.15, 0.2) is 0 Å². The Hall–Kier alpha value is -2.80. The fourth-order valence-corrected chi connectivity index (χ4v) is 3.40. The van der Waals surface area contributed by atoms with Crippen LogP contribution in [0.3, 0.4) is 0 Å². The molecule has 0 unspecified atom stereocenters. The Bertz CT molecular complexity index is 912. The summed E-state index contributed by atoms with van der Waals surface area (Å²) in [7, 11) is 0. The largest absolute Gasteiger partial charge is 0.361 e. The van der Waals surface area contributed by atoms with E-state index in [4.69, 9.17) is 0 Å². The third-order valence-electron chi connectivity index (χ3n) is 5.25.